The molecule has 21 heavy (non-hydrogen) atoms. The Labute approximate surface area is 135 Å². The van der Waals surface area contributed by atoms with Crippen molar-refractivity contribution in [2.75, 3.05) is 5.32 Å². The van der Waals surface area contributed by atoms with Crippen molar-refractivity contribution in [1.82, 2.24) is 0 Å². The number of hydrogen-bond acceptors (Lipinski definition) is 2. The summed E-state index contributed by atoms with van der Waals surface area (Å²) in [6, 6.07) is 14.9. The lowest BCUT2D eigenvalue weighted by Gasteiger charge is -2.17. The van der Waals surface area contributed by atoms with Crippen LogP contribution >= 0.6 is 15.9 Å². The molecule has 2 aromatic rings. The average molecular weight is 348 g/mol. The van der Waals surface area contributed by atoms with E-state index in [1.807, 2.05) is 18.2 Å². The fourth-order valence-corrected chi connectivity index (χ4v) is 2.79. The summed E-state index contributed by atoms with van der Waals surface area (Å²) < 4.78 is 6.96. The molecule has 0 spiro atoms. The van der Waals surface area contributed by atoms with E-state index < -0.39 is 0 Å². The molecule has 0 radical (unpaired) electrons. The predicted octanol–water partition coefficient (Wildman–Crippen LogP) is 5.55. The molecule has 1 N–H and O–H groups in total. The molecule has 3 heteroatoms. The van der Waals surface area contributed by atoms with Crippen molar-refractivity contribution in [3.8, 4) is 5.75 Å². The quantitative estimate of drug-likeness (QED) is 0.739. The molecular formula is C18H22BrNO. The molecule has 0 heterocycles. The molecule has 0 aliphatic rings. The van der Waals surface area contributed by atoms with E-state index in [-0.39, 0.29) is 0 Å². The highest BCUT2D eigenvalue weighted by molar-refractivity contribution is 9.10. The molecule has 0 amide bonds. The Morgan fingerprint density at radius 2 is 1.90 bits per heavy atom. The highest BCUT2D eigenvalue weighted by Crippen LogP contribution is 2.33. The molecule has 0 aliphatic heterocycles. The van der Waals surface area contributed by atoms with Gasteiger partial charge >= 0.3 is 0 Å². The van der Waals surface area contributed by atoms with E-state index in [0.29, 0.717) is 12.6 Å². The highest BCUT2D eigenvalue weighted by Gasteiger charge is 2.09. The lowest BCUT2D eigenvalue weighted by Crippen LogP contribution is -2.13. The Balaban J connectivity index is 2.10. The molecule has 0 aliphatic carbocycles. The van der Waals surface area contributed by atoms with Gasteiger partial charge < -0.3 is 10.1 Å². The van der Waals surface area contributed by atoms with Gasteiger partial charge in [0.15, 0.2) is 0 Å². The van der Waals surface area contributed by atoms with E-state index in [0.717, 1.165) is 27.9 Å². The first-order chi connectivity index (χ1) is 10.1. The van der Waals surface area contributed by atoms with Crippen molar-refractivity contribution in [1.29, 1.82) is 0 Å². The summed E-state index contributed by atoms with van der Waals surface area (Å²) in [5.74, 6) is 0.911. The zero-order chi connectivity index (χ0) is 15.2. The topological polar surface area (TPSA) is 21.3 Å². The van der Waals surface area contributed by atoms with Crippen LogP contribution in [-0.2, 0) is 6.61 Å². The van der Waals surface area contributed by atoms with Crippen LogP contribution in [0.25, 0.3) is 0 Å². The number of aryl methyl sites for hydroxylation is 1. The van der Waals surface area contributed by atoms with Crippen LogP contribution in [0.3, 0.4) is 0 Å². The lowest BCUT2D eigenvalue weighted by atomic mass is 10.1. The van der Waals surface area contributed by atoms with E-state index in [1.54, 1.807) is 0 Å². The summed E-state index contributed by atoms with van der Waals surface area (Å²) in [5.41, 5.74) is 3.43. The van der Waals surface area contributed by atoms with E-state index in [1.165, 1.54) is 5.56 Å². The first-order valence-electron chi connectivity index (χ1n) is 7.33. The molecule has 112 valence electrons. The summed E-state index contributed by atoms with van der Waals surface area (Å²) in [7, 11) is 0. The molecule has 0 bridgehead atoms. The maximum absolute atomic E-state index is 5.97. The number of nitrogens with one attached hydrogen (secondary N) is 1. The van der Waals surface area contributed by atoms with Gasteiger partial charge in [0, 0.05) is 11.7 Å². The Morgan fingerprint density at radius 1 is 1.19 bits per heavy atom. The first kappa shape index (κ1) is 15.9. The zero-order valence-corrected chi connectivity index (χ0v) is 14.4. The van der Waals surface area contributed by atoms with Gasteiger partial charge in [-0.2, -0.15) is 0 Å². The van der Waals surface area contributed by atoms with Crippen LogP contribution in [0.4, 0.5) is 5.69 Å². The number of hydrogen-bond donors (Lipinski definition) is 1. The third kappa shape index (κ3) is 4.50. The van der Waals surface area contributed by atoms with Gasteiger partial charge in [0.1, 0.15) is 12.4 Å². The largest absolute Gasteiger partial charge is 0.487 e. The van der Waals surface area contributed by atoms with Crippen LogP contribution in [0.2, 0.25) is 0 Å². The average Bonchev–Trinajstić information content (AvgIpc) is 2.47. The highest BCUT2D eigenvalue weighted by atomic mass is 79.9. The summed E-state index contributed by atoms with van der Waals surface area (Å²) in [6.45, 7) is 7.02. The lowest BCUT2D eigenvalue weighted by molar-refractivity contribution is 0.302. The minimum atomic E-state index is 0.465. The fourth-order valence-electron chi connectivity index (χ4n) is 2.11. The summed E-state index contributed by atoms with van der Waals surface area (Å²) in [5, 5.41) is 3.49. The van der Waals surface area contributed by atoms with E-state index >= 15 is 0 Å². The summed E-state index contributed by atoms with van der Waals surface area (Å²) >= 11 is 3.62. The van der Waals surface area contributed by atoms with Gasteiger partial charge in [-0.3, -0.25) is 0 Å². The normalized spacial score (nSPS) is 12.0. The maximum Gasteiger partial charge on any atom is 0.137 e. The number of ether oxygens (including phenoxy) is 1. The Hall–Kier alpha value is -1.48. The smallest absolute Gasteiger partial charge is 0.137 e. The molecule has 0 saturated heterocycles. The molecule has 2 nitrogen and oxygen atoms in total. The second-order valence-electron chi connectivity index (χ2n) is 5.33. The van der Waals surface area contributed by atoms with Gasteiger partial charge in [0.25, 0.3) is 0 Å². The minimum Gasteiger partial charge on any atom is -0.487 e. The van der Waals surface area contributed by atoms with Crippen molar-refractivity contribution in [3.05, 3.63) is 58.1 Å². The molecule has 0 aromatic heterocycles. The summed E-state index contributed by atoms with van der Waals surface area (Å²) in [4.78, 5) is 0. The van der Waals surface area contributed by atoms with Crippen molar-refractivity contribution < 1.29 is 4.74 Å². The minimum absolute atomic E-state index is 0.465. The molecule has 1 atom stereocenters. The van der Waals surface area contributed by atoms with Crippen LogP contribution in [0.1, 0.15) is 31.4 Å². The van der Waals surface area contributed by atoms with Crippen LogP contribution in [0, 0.1) is 6.92 Å². The Morgan fingerprint density at radius 3 is 2.52 bits per heavy atom. The molecule has 0 saturated carbocycles. The standard InChI is InChI=1S/C18H22BrNO/c1-4-14(3)20-16-10-13(2)18(17(19)11-16)21-12-15-8-6-5-7-9-15/h5-11,14,20H,4,12H2,1-3H3. The van der Waals surface area contributed by atoms with Gasteiger partial charge in [-0.1, -0.05) is 37.3 Å². The third-order valence-electron chi connectivity index (χ3n) is 3.48. The van der Waals surface area contributed by atoms with Gasteiger partial charge in [-0.15, -0.1) is 0 Å². The van der Waals surface area contributed by atoms with Crippen LogP contribution in [-0.4, -0.2) is 6.04 Å². The number of rotatable bonds is 6. The van der Waals surface area contributed by atoms with Crippen molar-refractivity contribution in [2.45, 2.75) is 39.8 Å². The molecule has 2 aromatic carbocycles. The molecular weight excluding hydrogens is 326 g/mol. The van der Waals surface area contributed by atoms with Crippen molar-refractivity contribution in [3.63, 3.8) is 0 Å². The van der Waals surface area contributed by atoms with Gasteiger partial charge in [-0.05, 0) is 59.5 Å². The number of benzene rings is 2. The van der Waals surface area contributed by atoms with E-state index in [9.17, 15) is 0 Å². The predicted molar refractivity (Wildman–Crippen MR) is 93.0 cm³/mol. The van der Waals surface area contributed by atoms with Gasteiger partial charge in [-0.25, -0.2) is 0 Å². The van der Waals surface area contributed by atoms with E-state index in [2.05, 4.69) is 66.3 Å². The molecule has 0 fully saturated rings. The maximum atomic E-state index is 5.97. The van der Waals surface area contributed by atoms with Crippen LogP contribution in [0.15, 0.2) is 46.9 Å². The van der Waals surface area contributed by atoms with E-state index in [4.69, 9.17) is 4.74 Å². The Kier molecular flexibility index (Phi) is 5.68. The first-order valence-corrected chi connectivity index (χ1v) is 8.13. The zero-order valence-electron chi connectivity index (χ0n) is 12.8. The third-order valence-corrected chi connectivity index (χ3v) is 4.07. The second kappa shape index (κ2) is 7.51. The van der Waals surface area contributed by atoms with Crippen LogP contribution in [0.5, 0.6) is 5.75 Å². The van der Waals surface area contributed by atoms with Crippen LogP contribution < -0.4 is 10.1 Å². The molecule has 2 rings (SSSR count). The molecule has 1 unspecified atom stereocenters. The van der Waals surface area contributed by atoms with Gasteiger partial charge in [0.2, 0.25) is 0 Å². The summed E-state index contributed by atoms with van der Waals surface area (Å²) in [6.07, 6.45) is 1.10. The second-order valence-corrected chi connectivity index (χ2v) is 6.19. The van der Waals surface area contributed by atoms with Crippen molar-refractivity contribution >= 4 is 21.6 Å². The van der Waals surface area contributed by atoms with Crippen molar-refractivity contribution in [2.24, 2.45) is 0 Å². The number of anilines is 1. The Bertz CT molecular complexity index is 560. The SMILES string of the molecule is CCC(C)Nc1cc(C)c(OCc2ccccc2)c(Br)c1. The monoisotopic (exact) mass is 347 g/mol. The van der Waals surface area contributed by atoms with Gasteiger partial charge in [0.05, 0.1) is 4.47 Å². The number of halogens is 1. The fraction of sp³-hybridized carbons (Fsp3) is 0.333.